The van der Waals surface area contributed by atoms with Gasteiger partial charge in [0.25, 0.3) is 0 Å². The molecule has 0 aromatic heterocycles. The maximum atomic E-state index is 10.4. The molecule has 1 atom stereocenters. The molecule has 1 aromatic rings. The third kappa shape index (κ3) is 3.35. The number of ether oxygens (including phenoxy) is 1. The molecular weight excluding hydrogens is 250 g/mol. The molecule has 0 bridgehead atoms. The van der Waals surface area contributed by atoms with E-state index in [-0.39, 0.29) is 6.61 Å². The van der Waals surface area contributed by atoms with E-state index in [1.165, 1.54) is 0 Å². The molecule has 0 unspecified atom stereocenters. The van der Waals surface area contributed by atoms with Crippen LogP contribution in [-0.2, 0) is 4.79 Å². The maximum absolute atomic E-state index is 10.4. The molecule has 1 rings (SSSR count). The summed E-state index contributed by atoms with van der Waals surface area (Å²) < 4.78 is 6.09. The molecule has 0 aliphatic rings. The van der Waals surface area contributed by atoms with Crippen molar-refractivity contribution in [3.63, 3.8) is 0 Å². The zero-order chi connectivity index (χ0) is 10.6. The van der Waals surface area contributed by atoms with Crippen LogP contribution in [0.3, 0.4) is 0 Å². The first kappa shape index (κ1) is 11.0. The van der Waals surface area contributed by atoms with Gasteiger partial charge in [0.2, 0.25) is 0 Å². The summed E-state index contributed by atoms with van der Waals surface area (Å²) in [4.78, 5) is 10.4. The first-order valence-electron chi connectivity index (χ1n) is 3.96. The van der Waals surface area contributed by atoms with Gasteiger partial charge in [-0.3, -0.25) is 4.79 Å². The number of nitrogens with two attached hydrogens (primary N) is 1. The Balaban J connectivity index is 2.46. The Morgan fingerprint density at radius 2 is 2.07 bits per heavy atom. The van der Waals surface area contributed by atoms with Gasteiger partial charge in [0, 0.05) is 4.47 Å². The molecule has 0 fully saturated rings. The maximum Gasteiger partial charge on any atom is 0.324 e. The van der Waals surface area contributed by atoms with Crippen LogP contribution in [0.5, 0.6) is 5.75 Å². The van der Waals surface area contributed by atoms with Gasteiger partial charge in [0.1, 0.15) is 18.4 Å². The van der Waals surface area contributed by atoms with Gasteiger partial charge in [0.15, 0.2) is 0 Å². The summed E-state index contributed by atoms with van der Waals surface area (Å²) in [7, 11) is 0. The molecule has 0 radical (unpaired) electrons. The summed E-state index contributed by atoms with van der Waals surface area (Å²) in [6.45, 7) is -0.0308. The van der Waals surface area contributed by atoms with E-state index in [0.717, 1.165) is 4.47 Å². The molecule has 4 nitrogen and oxygen atoms in total. The fourth-order valence-corrected chi connectivity index (χ4v) is 1.05. The lowest BCUT2D eigenvalue weighted by Gasteiger charge is -2.08. The number of hydrogen-bond acceptors (Lipinski definition) is 3. The number of rotatable bonds is 4. The number of hydrogen-bond donors (Lipinski definition) is 2. The first-order chi connectivity index (χ1) is 6.59. The van der Waals surface area contributed by atoms with Gasteiger partial charge >= 0.3 is 5.97 Å². The summed E-state index contributed by atoms with van der Waals surface area (Å²) in [6.07, 6.45) is 0. The van der Waals surface area contributed by atoms with E-state index >= 15 is 0 Å². The number of aliphatic carboxylic acids is 1. The molecule has 0 aliphatic heterocycles. The number of carboxylic acid groups (broad SMARTS) is 1. The Morgan fingerprint density at radius 1 is 1.50 bits per heavy atom. The Hall–Kier alpha value is -1.07. The van der Waals surface area contributed by atoms with Crippen LogP contribution in [0.4, 0.5) is 0 Å². The number of halogens is 1. The highest BCUT2D eigenvalue weighted by Crippen LogP contribution is 2.15. The highest BCUT2D eigenvalue weighted by molar-refractivity contribution is 9.10. The van der Waals surface area contributed by atoms with Crippen LogP contribution in [0.15, 0.2) is 28.7 Å². The standard InChI is InChI=1S/C9H10BrNO3/c10-6-1-3-7(4-2-6)14-5-8(11)9(12)13/h1-4,8H,5,11H2,(H,12,13)/t8-/m0/s1. The van der Waals surface area contributed by atoms with Crippen molar-refractivity contribution in [2.75, 3.05) is 6.61 Å². The molecule has 1 aromatic carbocycles. The minimum Gasteiger partial charge on any atom is -0.491 e. The molecule has 0 spiro atoms. The molecule has 0 heterocycles. The van der Waals surface area contributed by atoms with E-state index in [9.17, 15) is 4.79 Å². The zero-order valence-corrected chi connectivity index (χ0v) is 8.90. The Bertz CT molecular complexity index is 312. The lowest BCUT2D eigenvalue weighted by atomic mass is 10.3. The van der Waals surface area contributed by atoms with Crippen LogP contribution >= 0.6 is 15.9 Å². The zero-order valence-electron chi connectivity index (χ0n) is 7.31. The number of carboxylic acids is 1. The van der Waals surface area contributed by atoms with Crippen molar-refractivity contribution < 1.29 is 14.6 Å². The minimum atomic E-state index is -1.07. The average molecular weight is 260 g/mol. The predicted molar refractivity (Wildman–Crippen MR) is 55.2 cm³/mol. The van der Waals surface area contributed by atoms with E-state index in [0.29, 0.717) is 5.75 Å². The molecule has 0 saturated carbocycles. The second-order valence-corrected chi connectivity index (χ2v) is 3.63. The second-order valence-electron chi connectivity index (χ2n) is 2.71. The molecule has 14 heavy (non-hydrogen) atoms. The van der Waals surface area contributed by atoms with Crippen molar-refractivity contribution in [1.29, 1.82) is 0 Å². The van der Waals surface area contributed by atoms with E-state index in [2.05, 4.69) is 15.9 Å². The Kier molecular flexibility index (Phi) is 3.91. The fourth-order valence-electron chi connectivity index (χ4n) is 0.788. The summed E-state index contributed by atoms with van der Waals surface area (Å²) in [5.41, 5.74) is 5.26. The van der Waals surface area contributed by atoms with Gasteiger partial charge in [0.05, 0.1) is 0 Å². The predicted octanol–water partition coefficient (Wildman–Crippen LogP) is 1.24. The van der Waals surface area contributed by atoms with Crippen LogP contribution in [0, 0.1) is 0 Å². The van der Waals surface area contributed by atoms with E-state index in [1.54, 1.807) is 12.1 Å². The molecule has 3 N–H and O–H groups in total. The molecular formula is C9H10BrNO3. The van der Waals surface area contributed by atoms with Gasteiger partial charge in [-0.1, -0.05) is 15.9 Å². The second kappa shape index (κ2) is 4.97. The van der Waals surface area contributed by atoms with Crippen LogP contribution in [0.25, 0.3) is 0 Å². The fraction of sp³-hybridized carbons (Fsp3) is 0.222. The molecule has 5 heteroatoms. The minimum absolute atomic E-state index is 0.0308. The quantitative estimate of drug-likeness (QED) is 0.854. The van der Waals surface area contributed by atoms with Crippen LogP contribution in [-0.4, -0.2) is 23.7 Å². The van der Waals surface area contributed by atoms with E-state index < -0.39 is 12.0 Å². The Morgan fingerprint density at radius 3 is 2.57 bits per heavy atom. The lowest BCUT2D eigenvalue weighted by molar-refractivity contribution is -0.139. The first-order valence-corrected chi connectivity index (χ1v) is 4.75. The molecule has 0 saturated heterocycles. The van der Waals surface area contributed by atoms with Crippen molar-refractivity contribution in [1.82, 2.24) is 0 Å². The normalized spacial score (nSPS) is 12.1. The van der Waals surface area contributed by atoms with Crippen LogP contribution in [0.2, 0.25) is 0 Å². The van der Waals surface area contributed by atoms with Gasteiger partial charge in [-0.2, -0.15) is 0 Å². The van der Waals surface area contributed by atoms with E-state index in [1.807, 2.05) is 12.1 Å². The Labute approximate surface area is 89.8 Å². The summed E-state index contributed by atoms with van der Waals surface area (Å²) >= 11 is 3.27. The van der Waals surface area contributed by atoms with Crippen LogP contribution in [0.1, 0.15) is 0 Å². The van der Waals surface area contributed by atoms with Crippen molar-refractivity contribution >= 4 is 21.9 Å². The summed E-state index contributed by atoms with van der Waals surface area (Å²) in [5.74, 6) is -0.466. The van der Waals surface area contributed by atoms with E-state index in [4.69, 9.17) is 15.6 Å². The van der Waals surface area contributed by atoms with Crippen molar-refractivity contribution in [3.8, 4) is 5.75 Å². The topological polar surface area (TPSA) is 72.5 Å². The third-order valence-corrected chi connectivity index (χ3v) is 2.09. The van der Waals surface area contributed by atoms with Crippen LogP contribution < -0.4 is 10.5 Å². The van der Waals surface area contributed by atoms with Gasteiger partial charge in [-0.25, -0.2) is 0 Å². The molecule has 0 amide bonds. The smallest absolute Gasteiger partial charge is 0.324 e. The number of benzene rings is 1. The highest BCUT2D eigenvalue weighted by Gasteiger charge is 2.11. The van der Waals surface area contributed by atoms with Crippen molar-refractivity contribution in [2.24, 2.45) is 5.73 Å². The molecule has 0 aliphatic carbocycles. The SMILES string of the molecule is N[C@@H](COc1ccc(Br)cc1)C(=O)O. The van der Waals surface area contributed by atoms with Crippen molar-refractivity contribution in [3.05, 3.63) is 28.7 Å². The van der Waals surface area contributed by atoms with Crippen molar-refractivity contribution in [2.45, 2.75) is 6.04 Å². The summed E-state index contributed by atoms with van der Waals surface area (Å²) in [5, 5.41) is 8.49. The third-order valence-electron chi connectivity index (χ3n) is 1.56. The number of carbonyl (C=O) groups is 1. The summed E-state index contributed by atoms with van der Waals surface area (Å²) in [6, 6.07) is 6.10. The average Bonchev–Trinajstić information content (AvgIpc) is 2.16. The monoisotopic (exact) mass is 259 g/mol. The lowest BCUT2D eigenvalue weighted by Crippen LogP contribution is -2.36. The van der Waals surface area contributed by atoms with Gasteiger partial charge in [-0.05, 0) is 24.3 Å². The highest BCUT2D eigenvalue weighted by atomic mass is 79.9. The van der Waals surface area contributed by atoms with Gasteiger partial charge < -0.3 is 15.6 Å². The largest absolute Gasteiger partial charge is 0.491 e. The van der Waals surface area contributed by atoms with Gasteiger partial charge in [-0.15, -0.1) is 0 Å². The molecule has 76 valence electrons.